The van der Waals surface area contributed by atoms with E-state index in [1.807, 2.05) is 20.8 Å². The minimum absolute atomic E-state index is 0.302. The van der Waals surface area contributed by atoms with Gasteiger partial charge in [0.15, 0.2) is 0 Å². The Bertz CT molecular complexity index is 350. The van der Waals surface area contributed by atoms with Crippen LogP contribution in [0.4, 0.5) is 0 Å². The summed E-state index contributed by atoms with van der Waals surface area (Å²) in [7, 11) is -3.37. The molecule has 3 N–H and O–H groups in total. The Kier molecular flexibility index (Phi) is 6.23. The van der Waals surface area contributed by atoms with Crippen LogP contribution >= 0.6 is 0 Å². The number of piperidine rings is 1. The second kappa shape index (κ2) is 7.02. The van der Waals surface area contributed by atoms with Gasteiger partial charge in [-0.15, -0.1) is 0 Å². The van der Waals surface area contributed by atoms with Crippen LogP contribution in [0.15, 0.2) is 0 Å². The lowest BCUT2D eigenvalue weighted by molar-refractivity contribution is 0.263. The fourth-order valence-electron chi connectivity index (χ4n) is 2.69. The van der Waals surface area contributed by atoms with E-state index < -0.39 is 10.2 Å². The van der Waals surface area contributed by atoms with Gasteiger partial charge in [-0.25, -0.2) is 0 Å². The molecular weight excluding hydrogens is 262 g/mol. The van der Waals surface area contributed by atoms with Gasteiger partial charge in [-0.05, 0) is 44.6 Å². The Labute approximate surface area is 118 Å². The van der Waals surface area contributed by atoms with Crippen LogP contribution in [0.25, 0.3) is 0 Å². The first-order chi connectivity index (χ1) is 8.93. The van der Waals surface area contributed by atoms with Crippen molar-refractivity contribution in [3.63, 3.8) is 0 Å². The third-order valence-electron chi connectivity index (χ3n) is 4.62. The van der Waals surface area contributed by atoms with Crippen molar-refractivity contribution < 1.29 is 8.42 Å². The van der Waals surface area contributed by atoms with Gasteiger partial charge < -0.3 is 5.73 Å². The lowest BCUT2D eigenvalue weighted by Gasteiger charge is -2.36. The molecule has 1 aliphatic rings. The van der Waals surface area contributed by atoms with Crippen LogP contribution < -0.4 is 10.5 Å². The number of nitrogens with zero attached hydrogens (tertiary/aromatic N) is 1. The molecule has 0 spiro atoms. The second-order valence-corrected chi connectivity index (χ2v) is 7.20. The summed E-state index contributed by atoms with van der Waals surface area (Å²) in [4.78, 5) is 0. The molecule has 0 saturated carbocycles. The van der Waals surface area contributed by atoms with E-state index in [-0.39, 0.29) is 5.54 Å². The Balaban J connectivity index is 2.71. The predicted octanol–water partition coefficient (Wildman–Crippen LogP) is 1.46. The summed E-state index contributed by atoms with van der Waals surface area (Å²) in [6, 6.07) is 0. The molecule has 0 aromatic carbocycles. The highest BCUT2D eigenvalue weighted by atomic mass is 32.2. The molecule has 6 heteroatoms. The molecule has 0 aliphatic carbocycles. The van der Waals surface area contributed by atoms with E-state index in [0.29, 0.717) is 25.6 Å². The third kappa shape index (κ3) is 4.15. The van der Waals surface area contributed by atoms with Crippen LogP contribution in [0, 0.1) is 5.92 Å². The first kappa shape index (κ1) is 16.9. The molecule has 1 fully saturated rings. The molecule has 19 heavy (non-hydrogen) atoms. The summed E-state index contributed by atoms with van der Waals surface area (Å²) in [5, 5.41) is 0. The Morgan fingerprint density at radius 1 is 1.16 bits per heavy atom. The molecule has 1 heterocycles. The largest absolute Gasteiger partial charge is 0.330 e. The van der Waals surface area contributed by atoms with Gasteiger partial charge >= 0.3 is 0 Å². The third-order valence-corrected chi connectivity index (χ3v) is 6.36. The highest BCUT2D eigenvalue weighted by Gasteiger charge is 2.34. The maximum Gasteiger partial charge on any atom is 0.279 e. The van der Waals surface area contributed by atoms with Crippen molar-refractivity contribution in [1.29, 1.82) is 0 Å². The highest BCUT2D eigenvalue weighted by molar-refractivity contribution is 7.87. The second-order valence-electron chi connectivity index (χ2n) is 5.53. The monoisotopic (exact) mass is 291 g/mol. The molecule has 0 atom stereocenters. The smallest absolute Gasteiger partial charge is 0.279 e. The van der Waals surface area contributed by atoms with Crippen molar-refractivity contribution in [2.75, 3.05) is 19.6 Å². The predicted molar refractivity (Wildman–Crippen MR) is 79.0 cm³/mol. The van der Waals surface area contributed by atoms with Crippen LogP contribution in [0.3, 0.4) is 0 Å². The summed E-state index contributed by atoms with van der Waals surface area (Å²) in [6.45, 7) is 7.95. The molecule has 1 saturated heterocycles. The molecule has 0 bridgehead atoms. The number of hydrogen-bond acceptors (Lipinski definition) is 3. The zero-order chi connectivity index (χ0) is 14.5. The van der Waals surface area contributed by atoms with Crippen LogP contribution in [-0.4, -0.2) is 37.9 Å². The van der Waals surface area contributed by atoms with Gasteiger partial charge in [0.2, 0.25) is 0 Å². The standard InChI is InChI=1S/C13H29N3O2S/c1-4-13(5-2,6-3)15-19(17,18)16-9-7-12(11-14)8-10-16/h12,15H,4-11,14H2,1-3H3. The van der Waals surface area contributed by atoms with Crippen molar-refractivity contribution >= 4 is 10.2 Å². The van der Waals surface area contributed by atoms with Gasteiger partial charge in [-0.2, -0.15) is 17.4 Å². The zero-order valence-electron chi connectivity index (χ0n) is 12.5. The minimum Gasteiger partial charge on any atom is -0.330 e. The first-order valence-electron chi connectivity index (χ1n) is 7.42. The van der Waals surface area contributed by atoms with E-state index in [2.05, 4.69) is 4.72 Å². The summed E-state index contributed by atoms with van der Waals surface area (Å²) in [5.74, 6) is 0.472. The molecule has 0 radical (unpaired) electrons. The minimum atomic E-state index is -3.37. The van der Waals surface area contributed by atoms with E-state index in [9.17, 15) is 8.42 Å². The van der Waals surface area contributed by atoms with Gasteiger partial charge in [0.05, 0.1) is 0 Å². The molecule has 5 nitrogen and oxygen atoms in total. The van der Waals surface area contributed by atoms with Gasteiger partial charge in [0.25, 0.3) is 10.2 Å². The van der Waals surface area contributed by atoms with Crippen LogP contribution in [0.2, 0.25) is 0 Å². The van der Waals surface area contributed by atoms with Gasteiger partial charge in [-0.3, -0.25) is 0 Å². The molecule has 1 aliphatic heterocycles. The van der Waals surface area contributed by atoms with Gasteiger partial charge in [0, 0.05) is 18.6 Å². The van der Waals surface area contributed by atoms with Crippen molar-refractivity contribution in [3.05, 3.63) is 0 Å². The number of rotatable bonds is 7. The summed E-state index contributed by atoms with van der Waals surface area (Å²) >= 11 is 0. The molecule has 0 amide bonds. The average Bonchev–Trinajstić information content (AvgIpc) is 2.45. The SMILES string of the molecule is CCC(CC)(CC)NS(=O)(=O)N1CCC(CN)CC1. The molecule has 1 rings (SSSR count). The topological polar surface area (TPSA) is 75.4 Å². The quantitative estimate of drug-likeness (QED) is 0.745. The average molecular weight is 291 g/mol. The first-order valence-corrected chi connectivity index (χ1v) is 8.86. The van der Waals surface area contributed by atoms with Crippen molar-refractivity contribution in [2.45, 2.75) is 58.4 Å². The Morgan fingerprint density at radius 2 is 1.63 bits per heavy atom. The van der Waals surface area contributed by atoms with Crippen LogP contribution in [0.5, 0.6) is 0 Å². The maximum absolute atomic E-state index is 12.5. The van der Waals surface area contributed by atoms with E-state index in [1.54, 1.807) is 4.31 Å². The van der Waals surface area contributed by atoms with E-state index in [4.69, 9.17) is 5.73 Å². The number of hydrogen-bond donors (Lipinski definition) is 2. The molecule has 0 aromatic heterocycles. The molecule has 114 valence electrons. The van der Waals surface area contributed by atoms with Gasteiger partial charge in [0.1, 0.15) is 0 Å². The normalized spacial score (nSPS) is 19.8. The fraction of sp³-hybridized carbons (Fsp3) is 1.00. The van der Waals surface area contributed by atoms with Gasteiger partial charge in [-0.1, -0.05) is 20.8 Å². The number of nitrogens with two attached hydrogens (primary N) is 1. The van der Waals surface area contributed by atoms with Crippen LogP contribution in [0.1, 0.15) is 52.9 Å². The summed E-state index contributed by atoms with van der Waals surface area (Å²) in [5.41, 5.74) is 5.34. The highest BCUT2D eigenvalue weighted by Crippen LogP contribution is 2.23. The van der Waals surface area contributed by atoms with E-state index in [1.165, 1.54) is 0 Å². The molecule has 0 unspecified atom stereocenters. The van der Waals surface area contributed by atoms with Crippen LogP contribution in [-0.2, 0) is 10.2 Å². The van der Waals surface area contributed by atoms with E-state index >= 15 is 0 Å². The lowest BCUT2D eigenvalue weighted by atomic mass is 9.91. The van der Waals surface area contributed by atoms with Crippen molar-refractivity contribution in [2.24, 2.45) is 11.7 Å². The van der Waals surface area contributed by atoms with Crippen molar-refractivity contribution in [1.82, 2.24) is 9.03 Å². The maximum atomic E-state index is 12.5. The lowest BCUT2D eigenvalue weighted by Crippen LogP contribution is -2.54. The zero-order valence-corrected chi connectivity index (χ0v) is 13.3. The summed E-state index contributed by atoms with van der Waals surface area (Å²) in [6.07, 6.45) is 4.19. The Hall–Kier alpha value is -0.170. The Morgan fingerprint density at radius 3 is 2.00 bits per heavy atom. The number of nitrogens with one attached hydrogen (secondary N) is 1. The van der Waals surface area contributed by atoms with E-state index in [0.717, 1.165) is 32.1 Å². The summed E-state index contributed by atoms with van der Waals surface area (Å²) < 4.78 is 29.4. The molecule has 0 aromatic rings. The molecular formula is C13H29N3O2S. The van der Waals surface area contributed by atoms with Crippen molar-refractivity contribution in [3.8, 4) is 0 Å². The fourth-order valence-corrected chi connectivity index (χ4v) is 4.49.